The van der Waals surface area contributed by atoms with E-state index in [0.717, 1.165) is 43.3 Å². The number of carbonyl (C=O) groups is 1. The van der Waals surface area contributed by atoms with Gasteiger partial charge in [0.2, 0.25) is 5.95 Å². The second-order valence-electron chi connectivity index (χ2n) is 7.63. The van der Waals surface area contributed by atoms with Gasteiger partial charge in [-0.1, -0.05) is 6.07 Å². The van der Waals surface area contributed by atoms with E-state index >= 15 is 0 Å². The molecular weight excluding hydrogens is 398 g/mol. The Morgan fingerprint density at radius 1 is 1.06 bits per heavy atom. The maximum absolute atomic E-state index is 12.8. The van der Waals surface area contributed by atoms with Gasteiger partial charge in [0.25, 0.3) is 5.56 Å². The Bertz CT molecular complexity index is 1210. The summed E-state index contributed by atoms with van der Waals surface area (Å²) in [6.07, 6.45) is 4.12. The van der Waals surface area contributed by atoms with Gasteiger partial charge in [0.1, 0.15) is 0 Å². The quantitative estimate of drug-likeness (QED) is 0.437. The fourth-order valence-corrected chi connectivity index (χ4v) is 3.87. The number of fused-ring (bicyclic) bond motifs is 1. The SMILES string of the molecule is CC(=O)c1ccc2c(=O)n(CCCN3CCN(c4ncccn4)CC3)c(=O)n(N)c2c1. The van der Waals surface area contributed by atoms with Gasteiger partial charge >= 0.3 is 5.69 Å². The first-order valence-corrected chi connectivity index (χ1v) is 10.3. The summed E-state index contributed by atoms with van der Waals surface area (Å²) in [5.74, 6) is 6.53. The standard InChI is InChI=1S/C21H25N7O3/c1-15(29)16-4-5-17-18(14-16)28(22)21(31)27(19(17)30)9-3-8-25-10-12-26(13-11-25)20-23-6-2-7-24-20/h2,4-7,14H,3,8-13,22H2,1H3. The van der Waals surface area contributed by atoms with E-state index < -0.39 is 5.69 Å². The number of carbonyl (C=O) groups excluding carboxylic acids is 1. The second-order valence-corrected chi connectivity index (χ2v) is 7.63. The molecule has 0 atom stereocenters. The van der Waals surface area contributed by atoms with E-state index in [1.165, 1.54) is 17.6 Å². The Kier molecular flexibility index (Phi) is 5.81. The molecule has 10 heteroatoms. The van der Waals surface area contributed by atoms with Gasteiger partial charge in [-0.2, -0.15) is 0 Å². The summed E-state index contributed by atoms with van der Waals surface area (Å²) in [4.78, 5) is 50.1. The van der Waals surface area contributed by atoms with Crippen molar-refractivity contribution in [2.75, 3.05) is 43.5 Å². The van der Waals surface area contributed by atoms with Crippen LogP contribution < -0.4 is 22.0 Å². The van der Waals surface area contributed by atoms with Crippen molar-refractivity contribution in [3.05, 3.63) is 63.1 Å². The van der Waals surface area contributed by atoms with Gasteiger partial charge in [-0.15, -0.1) is 0 Å². The Morgan fingerprint density at radius 3 is 2.45 bits per heavy atom. The topological polar surface area (TPSA) is 119 Å². The highest BCUT2D eigenvalue weighted by Crippen LogP contribution is 2.12. The van der Waals surface area contributed by atoms with E-state index in [2.05, 4.69) is 19.8 Å². The lowest BCUT2D eigenvalue weighted by Crippen LogP contribution is -2.48. The van der Waals surface area contributed by atoms with Crippen molar-refractivity contribution in [3.63, 3.8) is 0 Å². The Morgan fingerprint density at radius 2 is 1.77 bits per heavy atom. The van der Waals surface area contributed by atoms with Crippen LogP contribution in [0.2, 0.25) is 0 Å². The third-order valence-electron chi connectivity index (χ3n) is 5.64. The van der Waals surface area contributed by atoms with Crippen LogP contribution >= 0.6 is 0 Å². The average molecular weight is 423 g/mol. The molecule has 2 aromatic heterocycles. The number of rotatable bonds is 6. The van der Waals surface area contributed by atoms with Crippen LogP contribution in [0.4, 0.5) is 5.95 Å². The zero-order chi connectivity index (χ0) is 22.0. The molecule has 10 nitrogen and oxygen atoms in total. The van der Waals surface area contributed by atoms with Crippen LogP contribution in [-0.2, 0) is 6.54 Å². The lowest BCUT2D eigenvalue weighted by atomic mass is 10.1. The van der Waals surface area contributed by atoms with Crippen molar-refractivity contribution in [3.8, 4) is 0 Å². The molecule has 162 valence electrons. The van der Waals surface area contributed by atoms with Gasteiger partial charge in [-0.05, 0) is 38.1 Å². The molecule has 0 saturated carbocycles. The maximum Gasteiger partial charge on any atom is 0.349 e. The minimum Gasteiger partial charge on any atom is -0.338 e. The summed E-state index contributed by atoms with van der Waals surface area (Å²) in [6, 6.07) is 6.42. The largest absolute Gasteiger partial charge is 0.349 e. The maximum atomic E-state index is 12.8. The number of nitrogens with two attached hydrogens (primary N) is 1. The number of hydrogen-bond donors (Lipinski definition) is 1. The lowest BCUT2D eigenvalue weighted by molar-refractivity contribution is 0.101. The number of nitrogen functional groups attached to an aromatic ring is 1. The van der Waals surface area contributed by atoms with Gasteiger partial charge in [-0.25, -0.2) is 19.4 Å². The average Bonchev–Trinajstić information content (AvgIpc) is 2.80. The van der Waals surface area contributed by atoms with Crippen molar-refractivity contribution in [1.29, 1.82) is 0 Å². The highest BCUT2D eigenvalue weighted by molar-refractivity contribution is 5.97. The fraction of sp³-hybridized carbons (Fsp3) is 0.381. The van der Waals surface area contributed by atoms with Gasteiger partial charge in [-0.3, -0.25) is 19.1 Å². The van der Waals surface area contributed by atoms with Gasteiger partial charge in [0, 0.05) is 50.7 Å². The second kappa shape index (κ2) is 8.68. The van der Waals surface area contributed by atoms with Crippen molar-refractivity contribution in [1.82, 2.24) is 24.1 Å². The zero-order valence-electron chi connectivity index (χ0n) is 17.4. The Balaban J connectivity index is 1.42. The molecule has 0 radical (unpaired) electrons. The summed E-state index contributed by atoms with van der Waals surface area (Å²) >= 11 is 0. The summed E-state index contributed by atoms with van der Waals surface area (Å²) in [5.41, 5.74) is -0.298. The first-order valence-electron chi connectivity index (χ1n) is 10.3. The third kappa shape index (κ3) is 4.19. The fourth-order valence-electron chi connectivity index (χ4n) is 3.87. The summed E-state index contributed by atoms with van der Waals surface area (Å²) in [6.45, 7) is 5.85. The van der Waals surface area contributed by atoms with E-state index in [1.54, 1.807) is 30.6 Å². The molecule has 1 fully saturated rings. The highest BCUT2D eigenvalue weighted by Gasteiger charge is 2.19. The molecule has 0 bridgehead atoms. The first kappa shape index (κ1) is 20.7. The van der Waals surface area contributed by atoms with E-state index in [0.29, 0.717) is 17.4 Å². The third-order valence-corrected chi connectivity index (χ3v) is 5.64. The molecule has 2 N–H and O–H groups in total. The molecule has 3 aromatic rings. The van der Waals surface area contributed by atoms with Crippen LogP contribution in [0.1, 0.15) is 23.7 Å². The van der Waals surface area contributed by atoms with Crippen molar-refractivity contribution in [2.24, 2.45) is 0 Å². The number of hydrogen-bond acceptors (Lipinski definition) is 8. The monoisotopic (exact) mass is 423 g/mol. The molecule has 0 amide bonds. The molecule has 0 unspecified atom stereocenters. The van der Waals surface area contributed by atoms with E-state index in [4.69, 9.17) is 5.84 Å². The summed E-state index contributed by atoms with van der Waals surface area (Å²) in [5, 5.41) is 0.323. The predicted molar refractivity (Wildman–Crippen MR) is 118 cm³/mol. The van der Waals surface area contributed by atoms with Crippen molar-refractivity contribution >= 4 is 22.6 Å². The van der Waals surface area contributed by atoms with Crippen molar-refractivity contribution < 1.29 is 4.79 Å². The van der Waals surface area contributed by atoms with Gasteiger partial charge in [0.05, 0.1) is 10.9 Å². The molecule has 31 heavy (non-hydrogen) atoms. The molecule has 1 aliphatic rings. The molecule has 0 aliphatic carbocycles. The highest BCUT2D eigenvalue weighted by atomic mass is 16.2. The first-order chi connectivity index (χ1) is 15.0. The molecule has 1 aliphatic heterocycles. The number of benzene rings is 1. The predicted octanol–water partition coefficient (Wildman–Crippen LogP) is 0.0819. The van der Waals surface area contributed by atoms with E-state index in [-0.39, 0.29) is 23.4 Å². The van der Waals surface area contributed by atoms with Gasteiger partial charge in [0.15, 0.2) is 5.78 Å². The number of piperazine rings is 1. The number of Topliss-reactive ketones (excluding diaryl/α,β-unsaturated/α-hetero) is 1. The van der Waals surface area contributed by atoms with Crippen LogP contribution in [0.15, 0.2) is 46.2 Å². The van der Waals surface area contributed by atoms with E-state index in [1.807, 2.05) is 0 Å². The Labute approximate surface area is 178 Å². The minimum absolute atomic E-state index is 0.155. The molecule has 1 aromatic carbocycles. The molecule has 4 rings (SSSR count). The van der Waals surface area contributed by atoms with Crippen LogP contribution in [0.5, 0.6) is 0 Å². The number of aromatic nitrogens is 4. The number of anilines is 1. The molecule has 3 heterocycles. The van der Waals surface area contributed by atoms with Crippen LogP contribution in [0.25, 0.3) is 10.9 Å². The minimum atomic E-state index is -0.579. The molecule has 0 spiro atoms. The number of nitrogens with zero attached hydrogens (tertiary/aromatic N) is 6. The molecular formula is C21H25N7O3. The van der Waals surface area contributed by atoms with E-state index in [9.17, 15) is 14.4 Å². The van der Waals surface area contributed by atoms with Crippen LogP contribution in [0.3, 0.4) is 0 Å². The Hall–Kier alpha value is -3.53. The number of ketones is 1. The summed E-state index contributed by atoms with van der Waals surface area (Å²) in [7, 11) is 0. The zero-order valence-corrected chi connectivity index (χ0v) is 17.4. The van der Waals surface area contributed by atoms with Crippen LogP contribution in [-0.4, -0.2) is 62.6 Å². The van der Waals surface area contributed by atoms with Crippen LogP contribution in [0, 0.1) is 0 Å². The molecule has 1 saturated heterocycles. The normalized spacial score (nSPS) is 14.8. The smallest absolute Gasteiger partial charge is 0.338 e. The van der Waals surface area contributed by atoms with Crippen molar-refractivity contribution in [2.45, 2.75) is 19.9 Å². The lowest BCUT2D eigenvalue weighted by Gasteiger charge is -2.34. The summed E-state index contributed by atoms with van der Waals surface area (Å²) < 4.78 is 2.12. The van der Waals surface area contributed by atoms with Gasteiger partial charge < -0.3 is 10.7 Å².